The maximum Gasteiger partial charge on any atom is 0.416 e. The Labute approximate surface area is 186 Å². The molecule has 2 amide bonds. The van der Waals surface area contributed by atoms with Crippen LogP contribution in [0, 0.1) is 0 Å². The third-order valence-electron chi connectivity index (χ3n) is 6.95. The Morgan fingerprint density at radius 2 is 1.50 bits per heavy atom. The minimum absolute atomic E-state index is 0.0475. The quantitative estimate of drug-likeness (QED) is 0.687. The van der Waals surface area contributed by atoms with Gasteiger partial charge in [-0.2, -0.15) is 13.2 Å². The van der Waals surface area contributed by atoms with E-state index in [9.17, 15) is 22.8 Å². The van der Waals surface area contributed by atoms with Gasteiger partial charge in [0.05, 0.1) is 18.5 Å². The van der Waals surface area contributed by atoms with Crippen LogP contribution in [-0.2, 0) is 22.2 Å². The second-order valence-corrected chi connectivity index (χ2v) is 9.03. The first-order chi connectivity index (χ1) is 15.3. The standard InChI is InChI=1S/C23H31F3N4O2/c24-23(25,26)19-4-1-3-18(15-19)16-21(31)29-9-7-27(8-10-29)17-22(32)30-13-11-28(12-14-30)20-5-2-6-20/h1,3-4,15,20H,2,5-14,16-17H2. The Balaban J connectivity index is 1.19. The van der Waals surface area contributed by atoms with Crippen molar-refractivity contribution in [2.75, 3.05) is 58.9 Å². The van der Waals surface area contributed by atoms with Gasteiger partial charge in [-0.15, -0.1) is 0 Å². The van der Waals surface area contributed by atoms with Crippen LogP contribution in [0.4, 0.5) is 13.2 Å². The van der Waals surface area contributed by atoms with Gasteiger partial charge in [-0.25, -0.2) is 0 Å². The zero-order chi connectivity index (χ0) is 22.7. The van der Waals surface area contributed by atoms with Crippen LogP contribution in [0.15, 0.2) is 24.3 Å². The van der Waals surface area contributed by atoms with E-state index in [4.69, 9.17) is 0 Å². The molecule has 2 heterocycles. The predicted molar refractivity (Wildman–Crippen MR) is 114 cm³/mol. The van der Waals surface area contributed by atoms with Crippen LogP contribution < -0.4 is 0 Å². The van der Waals surface area contributed by atoms with Crippen LogP contribution in [-0.4, -0.2) is 96.4 Å². The van der Waals surface area contributed by atoms with Crippen molar-refractivity contribution in [2.24, 2.45) is 0 Å². The monoisotopic (exact) mass is 452 g/mol. The van der Waals surface area contributed by atoms with Gasteiger partial charge in [0, 0.05) is 58.4 Å². The summed E-state index contributed by atoms with van der Waals surface area (Å²) in [6.07, 6.45) is -0.581. The van der Waals surface area contributed by atoms with Crippen molar-refractivity contribution in [2.45, 2.75) is 37.9 Å². The molecule has 2 aliphatic heterocycles. The number of hydrogen-bond acceptors (Lipinski definition) is 4. The molecular formula is C23H31F3N4O2. The van der Waals surface area contributed by atoms with Crippen molar-refractivity contribution in [1.82, 2.24) is 19.6 Å². The number of hydrogen-bond donors (Lipinski definition) is 0. The van der Waals surface area contributed by atoms with Crippen LogP contribution in [0.3, 0.4) is 0 Å². The number of carbonyl (C=O) groups excluding carboxylic acids is 2. The molecule has 0 radical (unpaired) electrons. The molecule has 1 aromatic rings. The summed E-state index contributed by atoms with van der Waals surface area (Å²) in [5.41, 5.74) is -0.372. The van der Waals surface area contributed by atoms with Crippen molar-refractivity contribution in [3.05, 3.63) is 35.4 Å². The third-order valence-corrected chi connectivity index (χ3v) is 6.95. The summed E-state index contributed by atoms with van der Waals surface area (Å²) >= 11 is 0. The fraction of sp³-hybridized carbons (Fsp3) is 0.652. The van der Waals surface area contributed by atoms with E-state index in [2.05, 4.69) is 9.80 Å². The first kappa shape index (κ1) is 23.0. The molecule has 0 N–H and O–H groups in total. The molecule has 0 aromatic heterocycles. The molecule has 1 aliphatic carbocycles. The molecule has 0 unspecified atom stereocenters. The van der Waals surface area contributed by atoms with Crippen LogP contribution in [0.25, 0.3) is 0 Å². The molecule has 2 saturated heterocycles. The maximum absolute atomic E-state index is 12.9. The molecule has 6 nitrogen and oxygen atoms in total. The molecule has 1 aromatic carbocycles. The summed E-state index contributed by atoms with van der Waals surface area (Å²) in [7, 11) is 0. The second kappa shape index (κ2) is 9.79. The summed E-state index contributed by atoms with van der Waals surface area (Å²) in [5.74, 6) is -0.0376. The van der Waals surface area contributed by atoms with Gasteiger partial charge < -0.3 is 9.80 Å². The highest BCUT2D eigenvalue weighted by atomic mass is 19.4. The summed E-state index contributed by atoms with van der Waals surface area (Å²) < 4.78 is 38.6. The van der Waals surface area contributed by atoms with E-state index in [0.29, 0.717) is 44.3 Å². The lowest BCUT2D eigenvalue weighted by atomic mass is 9.91. The zero-order valence-corrected chi connectivity index (χ0v) is 18.3. The van der Waals surface area contributed by atoms with Gasteiger partial charge in [0.1, 0.15) is 0 Å². The molecule has 0 bridgehead atoms. The van der Waals surface area contributed by atoms with Crippen LogP contribution in [0.5, 0.6) is 0 Å². The lowest BCUT2D eigenvalue weighted by Gasteiger charge is -2.43. The molecule has 3 aliphatic rings. The summed E-state index contributed by atoms with van der Waals surface area (Å²) in [4.78, 5) is 33.4. The molecule has 3 fully saturated rings. The SMILES string of the molecule is O=C(Cc1cccc(C(F)(F)F)c1)N1CCN(CC(=O)N2CCN(C3CCC3)CC2)CC1. The van der Waals surface area contributed by atoms with E-state index in [1.54, 1.807) is 11.0 Å². The summed E-state index contributed by atoms with van der Waals surface area (Å²) in [5, 5.41) is 0. The van der Waals surface area contributed by atoms with Crippen molar-refractivity contribution in [3.63, 3.8) is 0 Å². The van der Waals surface area contributed by atoms with Crippen LogP contribution >= 0.6 is 0 Å². The van der Waals surface area contributed by atoms with Gasteiger partial charge in [0.25, 0.3) is 0 Å². The average molecular weight is 453 g/mol. The van der Waals surface area contributed by atoms with Gasteiger partial charge in [0.15, 0.2) is 0 Å². The Hall–Kier alpha value is -2.13. The number of carbonyl (C=O) groups is 2. The van der Waals surface area contributed by atoms with E-state index in [1.165, 1.54) is 25.3 Å². The largest absolute Gasteiger partial charge is 0.416 e. The Morgan fingerprint density at radius 3 is 2.09 bits per heavy atom. The molecule has 0 spiro atoms. The van der Waals surface area contributed by atoms with Gasteiger partial charge in [-0.1, -0.05) is 24.6 Å². The lowest BCUT2D eigenvalue weighted by Crippen LogP contribution is -2.56. The molecule has 1 saturated carbocycles. The van der Waals surface area contributed by atoms with E-state index in [1.807, 2.05) is 4.90 Å². The Bertz CT molecular complexity index is 812. The molecular weight excluding hydrogens is 421 g/mol. The lowest BCUT2D eigenvalue weighted by molar-refractivity contribution is -0.138. The van der Waals surface area contributed by atoms with Crippen molar-refractivity contribution >= 4 is 11.8 Å². The molecule has 4 rings (SSSR count). The van der Waals surface area contributed by atoms with Crippen molar-refractivity contribution in [1.29, 1.82) is 0 Å². The van der Waals surface area contributed by atoms with E-state index in [0.717, 1.165) is 38.3 Å². The highest BCUT2D eigenvalue weighted by Gasteiger charge is 2.32. The molecule has 0 atom stereocenters. The third kappa shape index (κ3) is 5.61. The van der Waals surface area contributed by atoms with E-state index in [-0.39, 0.29) is 18.2 Å². The number of halogens is 3. The van der Waals surface area contributed by atoms with Crippen molar-refractivity contribution < 1.29 is 22.8 Å². The summed E-state index contributed by atoms with van der Waals surface area (Å²) in [6.45, 7) is 6.00. The van der Waals surface area contributed by atoms with E-state index < -0.39 is 11.7 Å². The number of benzene rings is 1. The molecule has 9 heteroatoms. The number of nitrogens with zero attached hydrogens (tertiary/aromatic N) is 4. The van der Waals surface area contributed by atoms with E-state index >= 15 is 0 Å². The zero-order valence-electron chi connectivity index (χ0n) is 18.3. The fourth-order valence-corrected chi connectivity index (χ4v) is 4.68. The average Bonchev–Trinajstić information content (AvgIpc) is 2.73. The van der Waals surface area contributed by atoms with Gasteiger partial charge >= 0.3 is 6.18 Å². The van der Waals surface area contributed by atoms with Crippen molar-refractivity contribution in [3.8, 4) is 0 Å². The number of amides is 2. The van der Waals surface area contributed by atoms with Crippen LogP contribution in [0.1, 0.15) is 30.4 Å². The first-order valence-corrected chi connectivity index (χ1v) is 11.5. The number of piperazine rings is 2. The second-order valence-electron chi connectivity index (χ2n) is 9.03. The maximum atomic E-state index is 12.9. The Morgan fingerprint density at radius 1 is 0.875 bits per heavy atom. The smallest absolute Gasteiger partial charge is 0.340 e. The topological polar surface area (TPSA) is 47.1 Å². The van der Waals surface area contributed by atoms with Crippen LogP contribution in [0.2, 0.25) is 0 Å². The highest BCUT2D eigenvalue weighted by molar-refractivity contribution is 5.79. The predicted octanol–water partition coefficient (Wildman–Crippen LogP) is 2.09. The summed E-state index contributed by atoms with van der Waals surface area (Å²) in [6, 6.07) is 5.65. The fourth-order valence-electron chi connectivity index (χ4n) is 4.68. The van der Waals surface area contributed by atoms with Gasteiger partial charge in [-0.3, -0.25) is 19.4 Å². The first-order valence-electron chi connectivity index (χ1n) is 11.5. The van der Waals surface area contributed by atoms with Gasteiger partial charge in [-0.05, 0) is 24.5 Å². The number of alkyl halides is 3. The molecule has 176 valence electrons. The minimum Gasteiger partial charge on any atom is -0.340 e. The van der Waals surface area contributed by atoms with Gasteiger partial charge in [0.2, 0.25) is 11.8 Å². The number of rotatable bonds is 5. The highest BCUT2D eigenvalue weighted by Crippen LogP contribution is 2.29. The minimum atomic E-state index is -4.42. The normalized spacial score (nSPS) is 21.5. The molecule has 32 heavy (non-hydrogen) atoms. The Kier molecular flexibility index (Phi) is 7.05.